The van der Waals surface area contributed by atoms with Gasteiger partial charge in [-0.3, -0.25) is 0 Å². The zero-order valence-electron chi connectivity index (χ0n) is 6.93. The summed E-state index contributed by atoms with van der Waals surface area (Å²) in [4.78, 5) is 7.17. The highest BCUT2D eigenvalue weighted by Crippen LogP contribution is 2.03. The topological polar surface area (TPSA) is 33.6 Å². The molecule has 0 aliphatic heterocycles. The normalized spacial score (nSPS) is 10.5. The van der Waals surface area contributed by atoms with E-state index in [0.717, 1.165) is 23.4 Å². The van der Waals surface area contributed by atoms with E-state index in [4.69, 9.17) is 12.2 Å². The molecular weight excluding hydrogens is 202 g/mol. The number of nitrogens with zero attached hydrogens (tertiary/aromatic N) is 2. The quantitative estimate of drug-likeness (QED) is 0.790. The Morgan fingerprint density at radius 2 is 2.54 bits per heavy atom. The summed E-state index contributed by atoms with van der Waals surface area (Å²) in [5.41, 5.74) is 2.99. The fourth-order valence-corrected chi connectivity index (χ4v) is 1.93. The van der Waals surface area contributed by atoms with Gasteiger partial charge in [0, 0.05) is 30.7 Å². The van der Waals surface area contributed by atoms with Crippen LogP contribution in [0.5, 0.6) is 0 Å². The van der Waals surface area contributed by atoms with Crippen molar-refractivity contribution in [2.75, 3.05) is 0 Å². The summed E-state index contributed by atoms with van der Waals surface area (Å²) in [5, 5.41) is 2.07. The highest BCUT2D eigenvalue weighted by atomic mass is 32.1. The molecule has 0 saturated carbocycles. The van der Waals surface area contributed by atoms with Gasteiger partial charge >= 0.3 is 0 Å². The van der Waals surface area contributed by atoms with E-state index >= 15 is 0 Å². The lowest BCUT2D eigenvalue weighted by atomic mass is 10.3. The standard InChI is InChI=1S/C8H9N3S2/c12-8-9-2-4-11(8)3-1-7-5-13-6-10-7/h2,4-6H,1,3H2,(H,9,12). The number of H-pyrrole nitrogens is 1. The molecule has 0 saturated heterocycles. The Kier molecular flexibility index (Phi) is 2.56. The van der Waals surface area contributed by atoms with Gasteiger partial charge in [-0.25, -0.2) is 4.98 Å². The zero-order valence-corrected chi connectivity index (χ0v) is 8.57. The predicted molar refractivity (Wildman–Crippen MR) is 55.4 cm³/mol. The van der Waals surface area contributed by atoms with Gasteiger partial charge in [-0.1, -0.05) is 0 Å². The van der Waals surface area contributed by atoms with Crippen LogP contribution in [0.1, 0.15) is 5.69 Å². The third-order valence-corrected chi connectivity index (χ3v) is 2.80. The first-order chi connectivity index (χ1) is 6.36. The molecular formula is C8H9N3S2. The van der Waals surface area contributed by atoms with Crippen molar-refractivity contribution < 1.29 is 0 Å². The minimum atomic E-state index is 0.773. The second-order valence-corrected chi connectivity index (χ2v) is 3.79. The maximum atomic E-state index is 5.07. The van der Waals surface area contributed by atoms with Crippen molar-refractivity contribution in [2.45, 2.75) is 13.0 Å². The van der Waals surface area contributed by atoms with Crippen LogP contribution >= 0.6 is 23.6 Å². The van der Waals surface area contributed by atoms with Gasteiger partial charge in [0.15, 0.2) is 4.77 Å². The molecule has 2 rings (SSSR count). The molecule has 2 heterocycles. The highest BCUT2D eigenvalue weighted by Gasteiger charge is 1.96. The maximum absolute atomic E-state index is 5.07. The number of thiazole rings is 1. The number of aromatic nitrogens is 3. The molecule has 0 bridgehead atoms. The van der Waals surface area contributed by atoms with E-state index in [1.165, 1.54) is 0 Å². The molecule has 2 aromatic heterocycles. The fraction of sp³-hybridized carbons (Fsp3) is 0.250. The van der Waals surface area contributed by atoms with Crippen LogP contribution in [0.3, 0.4) is 0 Å². The molecule has 0 aromatic carbocycles. The van der Waals surface area contributed by atoms with Gasteiger partial charge in [-0.2, -0.15) is 0 Å². The Morgan fingerprint density at radius 3 is 3.15 bits per heavy atom. The Hall–Kier alpha value is -0.940. The smallest absolute Gasteiger partial charge is 0.177 e. The number of hydrogen-bond acceptors (Lipinski definition) is 3. The van der Waals surface area contributed by atoms with E-state index < -0.39 is 0 Å². The van der Waals surface area contributed by atoms with Crippen molar-refractivity contribution in [3.63, 3.8) is 0 Å². The van der Waals surface area contributed by atoms with Crippen LogP contribution in [0.4, 0.5) is 0 Å². The molecule has 0 aliphatic rings. The van der Waals surface area contributed by atoms with Crippen LogP contribution in [0.25, 0.3) is 0 Å². The lowest BCUT2D eigenvalue weighted by molar-refractivity contribution is 0.679. The molecule has 3 nitrogen and oxygen atoms in total. The maximum Gasteiger partial charge on any atom is 0.177 e. The summed E-state index contributed by atoms with van der Waals surface area (Å²) in [7, 11) is 0. The first-order valence-electron chi connectivity index (χ1n) is 3.97. The van der Waals surface area contributed by atoms with Crippen LogP contribution in [-0.2, 0) is 13.0 Å². The van der Waals surface area contributed by atoms with E-state index in [1.807, 2.05) is 22.5 Å². The second-order valence-electron chi connectivity index (χ2n) is 2.69. The van der Waals surface area contributed by atoms with Crippen LogP contribution < -0.4 is 0 Å². The summed E-state index contributed by atoms with van der Waals surface area (Å²) >= 11 is 6.70. The number of aryl methyl sites for hydroxylation is 2. The van der Waals surface area contributed by atoms with Crippen molar-refractivity contribution in [1.29, 1.82) is 0 Å². The molecule has 0 aliphatic carbocycles. The molecule has 0 fully saturated rings. The third kappa shape index (κ3) is 2.05. The minimum Gasteiger partial charge on any atom is -0.337 e. The second kappa shape index (κ2) is 3.85. The fourth-order valence-electron chi connectivity index (χ4n) is 1.12. The van der Waals surface area contributed by atoms with E-state index in [2.05, 4.69) is 15.3 Å². The van der Waals surface area contributed by atoms with Crippen LogP contribution in [0.2, 0.25) is 0 Å². The number of aromatic amines is 1. The van der Waals surface area contributed by atoms with E-state index in [-0.39, 0.29) is 0 Å². The van der Waals surface area contributed by atoms with Crippen LogP contribution in [0.15, 0.2) is 23.3 Å². The Labute approximate surface area is 85.1 Å². The largest absolute Gasteiger partial charge is 0.337 e. The van der Waals surface area contributed by atoms with Gasteiger partial charge < -0.3 is 9.55 Å². The first kappa shape index (κ1) is 8.65. The summed E-state index contributed by atoms with van der Waals surface area (Å²) in [6.45, 7) is 0.895. The Morgan fingerprint density at radius 1 is 1.62 bits per heavy atom. The summed E-state index contributed by atoms with van der Waals surface area (Å²) in [6.07, 6.45) is 4.74. The molecule has 13 heavy (non-hydrogen) atoms. The molecule has 0 radical (unpaired) electrons. The number of nitrogens with one attached hydrogen (secondary N) is 1. The van der Waals surface area contributed by atoms with Crippen molar-refractivity contribution >= 4 is 23.6 Å². The zero-order chi connectivity index (χ0) is 9.10. The van der Waals surface area contributed by atoms with Crippen LogP contribution in [-0.4, -0.2) is 14.5 Å². The number of imidazole rings is 1. The van der Waals surface area contributed by atoms with Gasteiger partial charge in [0.2, 0.25) is 0 Å². The summed E-state index contributed by atoms with van der Waals surface area (Å²) in [5.74, 6) is 0. The van der Waals surface area contributed by atoms with E-state index in [9.17, 15) is 0 Å². The molecule has 0 spiro atoms. The van der Waals surface area contributed by atoms with Crippen molar-refractivity contribution in [3.8, 4) is 0 Å². The number of hydrogen-bond donors (Lipinski definition) is 1. The van der Waals surface area contributed by atoms with E-state index in [1.54, 1.807) is 11.3 Å². The minimum absolute atomic E-state index is 0.773. The monoisotopic (exact) mass is 211 g/mol. The van der Waals surface area contributed by atoms with Gasteiger partial charge in [-0.15, -0.1) is 11.3 Å². The SMILES string of the molecule is S=c1[nH]ccn1CCc1cscn1. The van der Waals surface area contributed by atoms with Crippen LogP contribution in [0, 0.1) is 4.77 Å². The lowest BCUT2D eigenvalue weighted by Gasteiger charge is -1.98. The molecule has 5 heteroatoms. The summed E-state index contributed by atoms with van der Waals surface area (Å²) < 4.78 is 2.78. The van der Waals surface area contributed by atoms with Crippen molar-refractivity contribution in [3.05, 3.63) is 33.7 Å². The highest BCUT2D eigenvalue weighted by molar-refractivity contribution is 7.71. The van der Waals surface area contributed by atoms with Gasteiger partial charge in [0.05, 0.1) is 11.2 Å². The first-order valence-corrected chi connectivity index (χ1v) is 5.32. The lowest BCUT2D eigenvalue weighted by Crippen LogP contribution is -1.99. The third-order valence-electron chi connectivity index (χ3n) is 1.81. The van der Waals surface area contributed by atoms with Crippen molar-refractivity contribution in [1.82, 2.24) is 14.5 Å². The molecule has 0 atom stereocenters. The molecule has 2 aromatic rings. The summed E-state index contributed by atoms with van der Waals surface area (Å²) in [6, 6.07) is 0. The molecule has 68 valence electrons. The van der Waals surface area contributed by atoms with E-state index in [0.29, 0.717) is 0 Å². The molecule has 0 amide bonds. The van der Waals surface area contributed by atoms with Gasteiger partial charge in [0.1, 0.15) is 0 Å². The number of rotatable bonds is 3. The molecule has 0 unspecified atom stereocenters. The Bertz CT molecular complexity index is 413. The van der Waals surface area contributed by atoms with Gasteiger partial charge in [-0.05, 0) is 12.2 Å². The average molecular weight is 211 g/mol. The Balaban J connectivity index is 2.01. The molecule has 1 N–H and O–H groups in total. The average Bonchev–Trinajstić information content (AvgIpc) is 2.72. The predicted octanol–water partition coefficient (Wildman–Crippen LogP) is 2.24. The van der Waals surface area contributed by atoms with Crippen molar-refractivity contribution in [2.24, 2.45) is 0 Å². The van der Waals surface area contributed by atoms with Gasteiger partial charge in [0.25, 0.3) is 0 Å².